The van der Waals surface area contributed by atoms with E-state index < -0.39 is 17.6 Å². The number of amides is 4. The van der Waals surface area contributed by atoms with Gasteiger partial charge in [0.15, 0.2) is 0 Å². The molecule has 2 heterocycles. The van der Waals surface area contributed by atoms with Crippen LogP contribution in [-0.2, 0) is 9.59 Å². The SMILES string of the molecule is CC(N)C(=O)N1CCC2(C1)NC(=O)NC2=O. The summed E-state index contributed by atoms with van der Waals surface area (Å²) in [5, 5.41) is 4.75. The van der Waals surface area contributed by atoms with Crippen molar-refractivity contribution >= 4 is 17.8 Å². The minimum atomic E-state index is -0.943. The minimum Gasteiger partial charge on any atom is -0.338 e. The fourth-order valence-corrected chi connectivity index (χ4v) is 2.10. The number of likely N-dealkylation sites (tertiary alicyclic amines) is 1. The maximum absolute atomic E-state index is 11.6. The smallest absolute Gasteiger partial charge is 0.322 e. The van der Waals surface area contributed by atoms with Gasteiger partial charge in [-0.25, -0.2) is 4.79 Å². The van der Waals surface area contributed by atoms with Crippen molar-refractivity contribution in [1.82, 2.24) is 15.5 Å². The lowest BCUT2D eigenvalue weighted by atomic mass is 9.99. The van der Waals surface area contributed by atoms with Gasteiger partial charge in [0.2, 0.25) is 5.91 Å². The molecule has 2 fully saturated rings. The molecule has 7 nitrogen and oxygen atoms in total. The molecule has 0 aromatic heterocycles. The van der Waals surface area contributed by atoms with E-state index in [0.717, 1.165) is 0 Å². The van der Waals surface area contributed by atoms with Gasteiger partial charge in [-0.05, 0) is 13.3 Å². The number of hydrogen-bond donors (Lipinski definition) is 3. The summed E-state index contributed by atoms with van der Waals surface area (Å²) < 4.78 is 0. The second kappa shape index (κ2) is 3.44. The average Bonchev–Trinajstić information content (AvgIpc) is 2.72. The Morgan fingerprint density at radius 1 is 1.56 bits per heavy atom. The van der Waals surface area contributed by atoms with Crippen LogP contribution < -0.4 is 16.4 Å². The third-order valence-corrected chi connectivity index (χ3v) is 2.98. The van der Waals surface area contributed by atoms with Crippen LogP contribution >= 0.6 is 0 Å². The van der Waals surface area contributed by atoms with Crippen LogP contribution in [0.5, 0.6) is 0 Å². The highest BCUT2D eigenvalue weighted by atomic mass is 16.2. The van der Waals surface area contributed by atoms with Gasteiger partial charge >= 0.3 is 6.03 Å². The Balaban J connectivity index is 2.11. The second-order valence-corrected chi connectivity index (χ2v) is 4.29. The highest BCUT2D eigenvalue weighted by Crippen LogP contribution is 2.24. The van der Waals surface area contributed by atoms with Crippen LogP contribution in [0, 0.1) is 0 Å². The largest absolute Gasteiger partial charge is 0.338 e. The predicted molar refractivity (Wildman–Crippen MR) is 54.3 cm³/mol. The first kappa shape index (κ1) is 10.9. The molecule has 0 bridgehead atoms. The molecule has 16 heavy (non-hydrogen) atoms. The number of nitrogens with zero attached hydrogens (tertiary/aromatic N) is 1. The van der Waals surface area contributed by atoms with E-state index in [-0.39, 0.29) is 18.4 Å². The van der Waals surface area contributed by atoms with Crippen LogP contribution in [0.2, 0.25) is 0 Å². The Bertz CT molecular complexity index is 368. The van der Waals surface area contributed by atoms with Crippen molar-refractivity contribution in [3.8, 4) is 0 Å². The van der Waals surface area contributed by atoms with Gasteiger partial charge < -0.3 is 16.0 Å². The van der Waals surface area contributed by atoms with E-state index in [1.807, 2.05) is 0 Å². The van der Waals surface area contributed by atoms with E-state index in [9.17, 15) is 14.4 Å². The molecule has 0 radical (unpaired) electrons. The monoisotopic (exact) mass is 226 g/mol. The zero-order chi connectivity index (χ0) is 11.9. The second-order valence-electron chi connectivity index (χ2n) is 4.29. The molecule has 2 atom stereocenters. The van der Waals surface area contributed by atoms with Gasteiger partial charge in [-0.1, -0.05) is 0 Å². The number of imide groups is 1. The number of carbonyl (C=O) groups is 3. The molecule has 0 aliphatic carbocycles. The van der Waals surface area contributed by atoms with Gasteiger partial charge in [-0.3, -0.25) is 14.9 Å². The zero-order valence-corrected chi connectivity index (χ0v) is 8.95. The summed E-state index contributed by atoms with van der Waals surface area (Å²) in [6, 6.07) is -1.09. The first-order valence-corrected chi connectivity index (χ1v) is 5.12. The van der Waals surface area contributed by atoms with Crippen molar-refractivity contribution in [2.75, 3.05) is 13.1 Å². The van der Waals surface area contributed by atoms with Gasteiger partial charge in [0.25, 0.3) is 5.91 Å². The molecular weight excluding hydrogens is 212 g/mol. The molecule has 0 saturated carbocycles. The average molecular weight is 226 g/mol. The molecule has 2 rings (SSSR count). The standard InChI is InChI=1S/C9H14N4O3/c1-5(10)6(14)13-3-2-9(4-13)7(15)11-8(16)12-9/h5H,2-4,10H2,1H3,(H2,11,12,15,16). The highest BCUT2D eigenvalue weighted by Gasteiger charge is 2.51. The van der Waals surface area contributed by atoms with E-state index >= 15 is 0 Å². The van der Waals surface area contributed by atoms with Crippen molar-refractivity contribution in [2.24, 2.45) is 5.73 Å². The van der Waals surface area contributed by atoms with E-state index in [4.69, 9.17) is 5.73 Å². The van der Waals surface area contributed by atoms with Gasteiger partial charge in [0.05, 0.1) is 12.6 Å². The molecule has 2 unspecified atom stereocenters. The van der Waals surface area contributed by atoms with Crippen molar-refractivity contribution in [3.63, 3.8) is 0 Å². The van der Waals surface area contributed by atoms with Crippen LogP contribution in [0.25, 0.3) is 0 Å². The fourth-order valence-electron chi connectivity index (χ4n) is 2.10. The summed E-state index contributed by atoms with van der Waals surface area (Å²) in [7, 11) is 0. The maximum atomic E-state index is 11.6. The summed E-state index contributed by atoms with van der Waals surface area (Å²) in [4.78, 5) is 35.8. The van der Waals surface area contributed by atoms with Gasteiger partial charge in [0, 0.05) is 6.54 Å². The zero-order valence-electron chi connectivity index (χ0n) is 8.95. The number of rotatable bonds is 1. The van der Waals surface area contributed by atoms with Gasteiger partial charge in [-0.15, -0.1) is 0 Å². The third-order valence-electron chi connectivity index (χ3n) is 2.98. The van der Waals surface area contributed by atoms with E-state index in [1.54, 1.807) is 6.92 Å². The molecule has 1 spiro atoms. The normalized spacial score (nSPS) is 30.5. The quantitative estimate of drug-likeness (QED) is 0.456. The molecule has 2 aliphatic heterocycles. The van der Waals surface area contributed by atoms with E-state index in [0.29, 0.717) is 13.0 Å². The summed E-state index contributed by atoms with van der Waals surface area (Å²) in [5.41, 5.74) is 4.54. The molecule has 0 aromatic rings. The minimum absolute atomic E-state index is 0.199. The van der Waals surface area contributed by atoms with Crippen molar-refractivity contribution < 1.29 is 14.4 Å². The van der Waals surface area contributed by atoms with Crippen molar-refractivity contribution in [1.29, 1.82) is 0 Å². The third kappa shape index (κ3) is 1.53. The molecular formula is C9H14N4O3. The Kier molecular flexibility index (Phi) is 2.34. The lowest BCUT2D eigenvalue weighted by molar-refractivity contribution is -0.131. The molecule has 7 heteroatoms. The van der Waals surface area contributed by atoms with E-state index in [1.165, 1.54) is 4.90 Å². The van der Waals surface area contributed by atoms with Crippen molar-refractivity contribution in [2.45, 2.75) is 24.9 Å². The summed E-state index contributed by atoms with van der Waals surface area (Å²) >= 11 is 0. The number of carbonyl (C=O) groups excluding carboxylic acids is 3. The Morgan fingerprint density at radius 3 is 2.75 bits per heavy atom. The molecule has 0 aromatic carbocycles. The lowest BCUT2D eigenvalue weighted by Gasteiger charge is -2.22. The van der Waals surface area contributed by atoms with Crippen LogP contribution in [0.3, 0.4) is 0 Å². The summed E-state index contributed by atoms with van der Waals surface area (Å²) in [6.07, 6.45) is 0.434. The highest BCUT2D eigenvalue weighted by molar-refractivity contribution is 6.07. The summed E-state index contributed by atoms with van der Waals surface area (Å²) in [5.74, 6) is -0.566. The lowest BCUT2D eigenvalue weighted by Crippen LogP contribution is -2.51. The Labute approximate surface area is 92.3 Å². The first-order valence-electron chi connectivity index (χ1n) is 5.12. The number of nitrogens with two attached hydrogens (primary N) is 1. The number of nitrogens with one attached hydrogen (secondary N) is 2. The van der Waals surface area contributed by atoms with Crippen molar-refractivity contribution in [3.05, 3.63) is 0 Å². The molecule has 4 amide bonds. The van der Waals surface area contributed by atoms with Crippen LogP contribution in [0.1, 0.15) is 13.3 Å². The Hall–Kier alpha value is -1.63. The topological polar surface area (TPSA) is 105 Å². The number of urea groups is 1. The molecule has 4 N–H and O–H groups in total. The molecule has 2 aliphatic rings. The van der Waals surface area contributed by atoms with E-state index in [2.05, 4.69) is 10.6 Å². The van der Waals surface area contributed by atoms with Crippen LogP contribution in [-0.4, -0.2) is 47.4 Å². The maximum Gasteiger partial charge on any atom is 0.322 e. The summed E-state index contributed by atoms with van der Waals surface area (Å²) in [6.45, 7) is 2.24. The Morgan fingerprint density at radius 2 is 2.25 bits per heavy atom. The fraction of sp³-hybridized carbons (Fsp3) is 0.667. The molecule has 2 saturated heterocycles. The first-order chi connectivity index (χ1) is 7.44. The van der Waals surface area contributed by atoms with Gasteiger partial charge in [0.1, 0.15) is 5.54 Å². The van der Waals surface area contributed by atoms with Crippen LogP contribution in [0.15, 0.2) is 0 Å². The van der Waals surface area contributed by atoms with Crippen LogP contribution in [0.4, 0.5) is 4.79 Å². The number of hydrogen-bond acceptors (Lipinski definition) is 4. The predicted octanol–water partition coefficient (Wildman–Crippen LogP) is -1.86. The van der Waals surface area contributed by atoms with Gasteiger partial charge in [-0.2, -0.15) is 0 Å². The molecule has 88 valence electrons.